The second-order valence-electron chi connectivity index (χ2n) is 3.02. The van der Waals surface area contributed by atoms with Crippen molar-refractivity contribution in [3.05, 3.63) is 29.2 Å². The lowest BCUT2D eigenvalue weighted by molar-refractivity contribution is 1.09. The quantitative estimate of drug-likeness (QED) is 0.705. The van der Waals surface area contributed by atoms with Gasteiger partial charge in [-0.1, -0.05) is 11.6 Å². The van der Waals surface area contributed by atoms with Crippen molar-refractivity contribution in [3.8, 4) is 11.3 Å². The minimum Gasteiger partial charge on any atom is -0.396 e. The number of nitrogen functional groups attached to an aromatic ring is 1. The van der Waals surface area contributed by atoms with Crippen LogP contribution in [0.1, 0.15) is 5.69 Å². The molecule has 2 heterocycles. The maximum Gasteiger partial charge on any atom is 0.130 e. The monoisotopic (exact) mass is 208 g/mol. The maximum absolute atomic E-state index is 5.83. The Kier molecular flexibility index (Phi) is 2.13. The molecular weight excluding hydrogens is 200 g/mol. The highest BCUT2D eigenvalue weighted by atomic mass is 35.5. The van der Waals surface area contributed by atoms with Crippen LogP contribution in [-0.2, 0) is 0 Å². The molecule has 2 rings (SSSR count). The Morgan fingerprint density at radius 3 is 2.79 bits per heavy atom. The Morgan fingerprint density at radius 2 is 2.21 bits per heavy atom. The summed E-state index contributed by atoms with van der Waals surface area (Å²) < 4.78 is 0. The first-order valence-corrected chi connectivity index (χ1v) is 4.48. The molecule has 0 saturated carbocycles. The topological polar surface area (TPSA) is 67.6 Å². The number of aryl methyl sites for hydroxylation is 1. The molecule has 0 aliphatic rings. The van der Waals surface area contributed by atoms with Crippen molar-refractivity contribution < 1.29 is 0 Å². The van der Waals surface area contributed by atoms with Crippen LogP contribution >= 0.6 is 11.6 Å². The van der Waals surface area contributed by atoms with E-state index in [4.69, 9.17) is 17.3 Å². The van der Waals surface area contributed by atoms with Gasteiger partial charge in [0, 0.05) is 11.3 Å². The fraction of sp³-hybridized carbons (Fsp3) is 0.111. The van der Waals surface area contributed by atoms with E-state index in [-0.39, 0.29) is 0 Å². The van der Waals surface area contributed by atoms with E-state index in [0.29, 0.717) is 10.8 Å². The van der Waals surface area contributed by atoms with E-state index in [2.05, 4.69) is 15.2 Å². The van der Waals surface area contributed by atoms with Gasteiger partial charge in [0.25, 0.3) is 0 Å². The third kappa shape index (κ3) is 1.56. The number of hydrogen-bond acceptors (Lipinski definition) is 3. The molecule has 0 unspecified atom stereocenters. The number of hydrogen-bond donors (Lipinski definition) is 2. The average Bonchev–Trinajstić information content (AvgIpc) is 2.49. The molecular formula is C9H9ClN4. The number of nitrogens with zero attached hydrogens (tertiary/aromatic N) is 2. The predicted octanol–water partition coefficient (Wildman–Crippen LogP) is 2.02. The zero-order chi connectivity index (χ0) is 10.1. The lowest BCUT2D eigenvalue weighted by Gasteiger charge is -2.01. The molecule has 0 atom stereocenters. The van der Waals surface area contributed by atoms with Crippen molar-refractivity contribution in [1.29, 1.82) is 0 Å². The molecule has 0 aliphatic carbocycles. The van der Waals surface area contributed by atoms with E-state index in [1.165, 1.54) is 0 Å². The number of halogens is 1. The van der Waals surface area contributed by atoms with Gasteiger partial charge in [-0.25, -0.2) is 4.98 Å². The molecule has 0 saturated heterocycles. The van der Waals surface area contributed by atoms with Crippen LogP contribution in [0.3, 0.4) is 0 Å². The third-order valence-corrected chi connectivity index (χ3v) is 2.07. The second kappa shape index (κ2) is 3.31. The molecule has 0 bridgehead atoms. The first kappa shape index (κ1) is 9.02. The van der Waals surface area contributed by atoms with Crippen LogP contribution in [0, 0.1) is 6.92 Å². The van der Waals surface area contributed by atoms with Gasteiger partial charge in [0.15, 0.2) is 0 Å². The van der Waals surface area contributed by atoms with Crippen molar-refractivity contribution in [3.63, 3.8) is 0 Å². The van der Waals surface area contributed by atoms with Gasteiger partial charge in [-0.2, -0.15) is 5.10 Å². The Balaban J connectivity index is 2.57. The molecule has 0 aromatic carbocycles. The summed E-state index contributed by atoms with van der Waals surface area (Å²) >= 11 is 5.83. The number of aromatic amines is 1. The zero-order valence-corrected chi connectivity index (χ0v) is 8.34. The average molecular weight is 209 g/mol. The van der Waals surface area contributed by atoms with E-state index in [1.807, 2.05) is 13.0 Å². The number of pyridine rings is 1. The van der Waals surface area contributed by atoms with Crippen LogP contribution in [0.2, 0.25) is 5.15 Å². The van der Waals surface area contributed by atoms with Gasteiger partial charge in [0.2, 0.25) is 0 Å². The Bertz CT molecular complexity index is 443. The largest absolute Gasteiger partial charge is 0.396 e. The van der Waals surface area contributed by atoms with Crippen LogP contribution in [0.25, 0.3) is 11.3 Å². The third-order valence-electron chi connectivity index (χ3n) is 1.88. The molecule has 4 nitrogen and oxygen atoms in total. The minimum absolute atomic E-state index is 0.453. The SMILES string of the molecule is Cc1cc(-c2[nH]ncc2N)cc(Cl)n1. The summed E-state index contributed by atoms with van der Waals surface area (Å²) in [5.41, 5.74) is 8.84. The van der Waals surface area contributed by atoms with Crippen LogP contribution < -0.4 is 5.73 Å². The number of nitrogens with one attached hydrogen (secondary N) is 1. The summed E-state index contributed by atoms with van der Waals surface area (Å²) in [6.45, 7) is 1.88. The van der Waals surface area contributed by atoms with Crippen LogP contribution in [0.15, 0.2) is 18.3 Å². The smallest absolute Gasteiger partial charge is 0.130 e. The highest BCUT2D eigenvalue weighted by molar-refractivity contribution is 6.29. The molecule has 3 N–H and O–H groups in total. The number of H-pyrrole nitrogens is 1. The zero-order valence-electron chi connectivity index (χ0n) is 7.58. The number of nitrogens with two attached hydrogens (primary N) is 1. The fourth-order valence-corrected chi connectivity index (χ4v) is 1.55. The van der Waals surface area contributed by atoms with E-state index in [0.717, 1.165) is 17.0 Å². The predicted molar refractivity (Wildman–Crippen MR) is 56.0 cm³/mol. The summed E-state index contributed by atoms with van der Waals surface area (Å²) in [7, 11) is 0. The van der Waals surface area contributed by atoms with Gasteiger partial charge in [-0.3, -0.25) is 5.10 Å². The summed E-state index contributed by atoms with van der Waals surface area (Å²) in [5, 5.41) is 7.11. The molecule has 72 valence electrons. The maximum atomic E-state index is 5.83. The standard InChI is InChI=1S/C9H9ClN4/c1-5-2-6(3-8(10)13-5)9-7(11)4-12-14-9/h2-4H,11H2,1H3,(H,12,14). The fourth-order valence-electron chi connectivity index (χ4n) is 1.30. The molecule has 0 radical (unpaired) electrons. The van der Waals surface area contributed by atoms with Crippen molar-refractivity contribution >= 4 is 17.3 Å². The summed E-state index contributed by atoms with van der Waals surface area (Å²) in [4.78, 5) is 4.06. The van der Waals surface area contributed by atoms with E-state index in [1.54, 1.807) is 12.3 Å². The van der Waals surface area contributed by atoms with Crippen LogP contribution in [0.4, 0.5) is 5.69 Å². The van der Waals surface area contributed by atoms with Crippen LogP contribution in [0.5, 0.6) is 0 Å². The van der Waals surface area contributed by atoms with Gasteiger partial charge >= 0.3 is 0 Å². The molecule has 2 aromatic heterocycles. The summed E-state index contributed by atoms with van der Waals surface area (Å²) in [5.74, 6) is 0. The normalized spacial score (nSPS) is 10.4. The van der Waals surface area contributed by atoms with Crippen LogP contribution in [-0.4, -0.2) is 15.2 Å². The highest BCUT2D eigenvalue weighted by Crippen LogP contribution is 2.25. The highest BCUT2D eigenvalue weighted by Gasteiger charge is 2.06. The lowest BCUT2D eigenvalue weighted by atomic mass is 10.1. The van der Waals surface area contributed by atoms with Gasteiger partial charge in [0.1, 0.15) is 5.15 Å². The molecule has 0 fully saturated rings. The molecule has 14 heavy (non-hydrogen) atoms. The van der Waals surface area contributed by atoms with Gasteiger partial charge in [-0.05, 0) is 19.1 Å². The van der Waals surface area contributed by atoms with Crippen molar-refractivity contribution in [2.24, 2.45) is 0 Å². The van der Waals surface area contributed by atoms with E-state index in [9.17, 15) is 0 Å². The molecule has 0 aliphatic heterocycles. The molecule has 0 spiro atoms. The number of anilines is 1. The second-order valence-corrected chi connectivity index (χ2v) is 3.41. The van der Waals surface area contributed by atoms with E-state index >= 15 is 0 Å². The molecule has 5 heteroatoms. The minimum atomic E-state index is 0.453. The Labute approximate surface area is 86.1 Å². The van der Waals surface area contributed by atoms with Gasteiger partial charge in [0.05, 0.1) is 17.6 Å². The van der Waals surface area contributed by atoms with E-state index < -0.39 is 0 Å². The number of aromatic nitrogens is 3. The van der Waals surface area contributed by atoms with Gasteiger partial charge in [-0.15, -0.1) is 0 Å². The number of rotatable bonds is 1. The summed E-state index contributed by atoms with van der Waals surface area (Å²) in [6, 6.07) is 3.65. The van der Waals surface area contributed by atoms with Gasteiger partial charge < -0.3 is 5.73 Å². The van der Waals surface area contributed by atoms with Crippen molar-refractivity contribution in [2.75, 3.05) is 5.73 Å². The van der Waals surface area contributed by atoms with Crippen molar-refractivity contribution in [1.82, 2.24) is 15.2 Å². The first-order chi connectivity index (χ1) is 6.66. The Morgan fingerprint density at radius 1 is 1.43 bits per heavy atom. The lowest BCUT2D eigenvalue weighted by Crippen LogP contribution is -1.89. The molecule has 2 aromatic rings. The Hall–Kier alpha value is -1.55. The summed E-state index contributed by atoms with van der Waals surface area (Å²) in [6.07, 6.45) is 1.57. The first-order valence-electron chi connectivity index (χ1n) is 4.10. The molecule has 0 amide bonds. The van der Waals surface area contributed by atoms with Crippen molar-refractivity contribution in [2.45, 2.75) is 6.92 Å².